The van der Waals surface area contributed by atoms with Gasteiger partial charge in [0.25, 0.3) is 0 Å². The molecule has 0 saturated carbocycles. The zero-order valence-electron chi connectivity index (χ0n) is 19.8. The highest BCUT2D eigenvalue weighted by atomic mass is 35.5. The molecule has 0 aliphatic heterocycles. The second-order valence-electron chi connectivity index (χ2n) is 8.37. The van der Waals surface area contributed by atoms with Crippen molar-refractivity contribution >= 4 is 44.6 Å². The molecule has 0 aliphatic rings. The minimum absolute atomic E-state index is 0.0166. The fourth-order valence-corrected chi connectivity index (χ4v) is 5.02. The molecular weight excluding hydrogens is 554 g/mol. The SMILES string of the molecule is COCC(C)(C(=O)Nc1cc(Cl)c(-c2ccccc2OC(F)(F)F)c(Cl)c1)c1ccc(S(C)(=O)=O)cc1. The van der Waals surface area contributed by atoms with Gasteiger partial charge in [-0.25, -0.2) is 8.42 Å². The van der Waals surface area contributed by atoms with Crippen molar-refractivity contribution in [3.05, 3.63) is 76.3 Å². The van der Waals surface area contributed by atoms with Gasteiger partial charge in [0, 0.05) is 30.2 Å². The van der Waals surface area contributed by atoms with Crippen LogP contribution in [-0.2, 0) is 24.8 Å². The number of ether oxygens (including phenoxy) is 2. The first-order valence-electron chi connectivity index (χ1n) is 10.6. The van der Waals surface area contributed by atoms with E-state index in [1.165, 1.54) is 61.7 Å². The van der Waals surface area contributed by atoms with Crippen LogP contribution in [0.4, 0.5) is 18.9 Å². The molecule has 1 atom stereocenters. The second kappa shape index (κ2) is 10.9. The Morgan fingerprint density at radius 1 is 1.00 bits per heavy atom. The highest BCUT2D eigenvalue weighted by molar-refractivity contribution is 7.90. The standard InChI is InChI=1S/C25H22Cl2F3NO5S/c1-24(14-35-2,15-8-10-17(11-9-15)37(3,33)34)23(32)31-16-12-19(26)22(20(27)13-16)18-6-4-5-7-21(18)36-25(28,29)30/h4-13H,14H2,1-3H3,(H,31,32). The lowest BCUT2D eigenvalue weighted by atomic mass is 9.82. The van der Waals surface area contributed by atoms with E-state index in [-0.39, 0.29) is 38.4 Å². The molecule has 37 heavy (non-hydrogen) atoms. The zero-order valence-corrected chi connectivity index (χ0v) is 22.1. The number of anilines is 1. The largest absolute Gasteiger partial charge is 0.573 e. The molecule has 1 unspecified atom stereocenters. The molecule has 1 N–H and O–H groups in total. The van der Waals surface area contributed by atoms with Crippen molar-refractivity contribution in [1.29, 1.82) is 0 Å². The number of rotatable bonds is 8. The number of hydrogen-bond acceptors (Lipinski definition) is 5. The van der Waals surface area contributed by atoms with Gasteiger partial charge in [-0.3, -0.25) is 4.79 Å². The molecule has 0 bridgehead atoms. The zero-order chi connectivity index (χ0) is 27.6. The molecule has 0 spiro atoms. The van der Waals surface area contributed by atoms with Crippen LogP contribution in [0.1, 0.15) is 12.5 Å². The third kappa shape index (κ3) is 6.75. The van der Waals surface area contributed by atoms with Gasteiger partial charge in [-0.2, -0.15) is 0 Å². The predicted molar refractivity (Wildman–Crippen MR) is 136 cm³/mol. The van der Waals surface area contributed by atoms with Gasteiger partial charge in [-0.1, -0.05) is 53.5 Å². The molecule has 3 rings (SSSR count). The molecule has 6 nitrogen and oxygen atoms in total. The molecule has 3 aromatic carbocycles. The Balaban J connectivity index is 1.95. The van der Waals surface area contributed by atoms with Crippen molar-refractivity contribution in [2.24, 2.45) is 0 Å². The van der Waals surface area contributed by atoms with E-state index >= 15 is 0 Å². The Bertz CT molecular complexity index is 1390. The van der Waals surface area contributed by atoms with Gasteiger partial charge in [-0.15, -0.1) is 13.2 Å². The second-order valence-corrected chi connectivity index (χ2v) is 11.2. The first-order chi connectivity index (χ1) is 17.2. The molecule has 0 aromatic heterocycles. The number of amides is 1. The third-order valence-corrected chi connectivity index (χ3v) is 7.26. The van der Waals surface area contributed by atoms with E-state index in [1.807, 2.05) is 0 Å². The number of carbonyl (C=O) groups is 1. The average molecular weight is 576 g/mol. The highest BCUT2D eigenvalue weighted by Gasteiger charge is 2.36. The lowest BCUT2D eigenvalue weighted by Crippen LogP contribution is -2.41. The van der Waals surface area contributed by atoms with Crippen molar-refractivity contribution in [2.45, 2.75) is 23.6 Å². The molecule has 0 fully saturated rings. The Morgan fingerprint density at radius 2 is 1.57 bits per heavy atom. The number of sulfone groups is 1. The number of para-hydroxylation sites is 1. The number of methoxy groups -OCH3 is 1. The van der Waals surface area contributed by atoms with Crippen LogP contribution in [0.25, 0.3) is 11.1 Å². The summed E-state index contributed by atoms with van der Waals surface area (Å²) < 4.78 is 71.5. The molecular formula is C25H22Cl2F3NO5S. The van der Waals surface area contributed by atoms with Crippen LogP contribution < -0.4 is 10.1 Å². The minimum Gasteiger partial charge on any atom is -0.405 e. The van der Waals surface area contributed by atoms with Crippen LogP contribution in [0.5, 0.6) is 5.75 Å². The molecule has 3 aromatic rings. The van der Waals surface area contributed by atoms with E-state index in [0.29, 0.717) is 5.56 Å². The van der Waals surface area contributed by atoms with Crippen molar-refractivity contribution in [3.63, 3.8) is 0 Å². The fraction of sp³-hybridized carbons (Fsp3) is 0.240. The van der Waals surface area contributed by atoms with E-state index in [0.717, 1.165) is 12.3 Å². The fourth-order valence-electron chi connectivity index (χ4n) is 3.70. The topological polar surface area (TPSA) is 81.7 Å². The molecule has 0 aliphatic carbocycles. The Labute approximate surface area is 222 Å². The minimum atomic E-state index is -4.92. The van der Waals surface area contributed by atoms with E-state index in [2.05, 4.69) is 10.1 Å². The van der Waals surface area contributed by atoms with Crippen LogP contribution in [-0.4, -0.2) is 40.7 Å². The lowest BCUT2D eigenvalue weighted by molar-refractivity contribution is -0.274. The van der Waals surface area contributed by atoms with E-state index in [1.54, 1.807) is 6.92 Å². The number of halogens is 5. The number of hydrogen-bond donors (Lipinski definition) is 1. The van der Waals surface area contributed by atoms with Gasteiger partial charge in [0.2, 0.25) is 5.91 Å². The summed E-state index contributed by atoms with van der Waals surface area (Å²) >= 11 is 12.8. The summed E-state index contributed by atoms with van der Waals surface area (Å²) in [6, 6.07) is 13.9. The quantitative estimate of drug-likeness (QED) is 0.331. The van der Waals surface area contributed by atoms with Gasteiger partial charge in [0.15, 0.2) is 9.84 Å². The predicted octanol–water partition coefficient (Wildman–Crippen LogP) is 6.51. The Morgan fingerprint density at radius 3 is 2.08 bits per heavy atom. The Kier molecular flexibility index (Phi) is 8.48. The van der Waals surface area contributed by atoms with Crippen LogP contribution >= 0.6 is 23.2 Å². The summed E-state index contributed by atoms with van der Waals surface area (Å²) in [7, 11) is -2.01. The maximum Gasteiger partial charge on any atom is 0.573 e. The molecule has 12 heteroatoms. The average Bonchev–Trinajstić information content (AvgIpc) is 2.78. The summed E-state index contributed by atoms with van der Waals surface area (Å²) in [5, 5.41) is 2.66. The van der Waals surface area contributed by atoms with Crippen molar-refractivity contribution in [3.8, 4) is 16.9 Å². The molecule has 1 amide bonds. The van der Waals surface area contributed by atoms with Crippen molar-refractivity contribution in [2.75, 3.05) is 25.3 Å². The number of benzene rings is 3. The summed E-state index contributed by atoms with van der Waals surface area (Å²) in [4.78, 5) is 13.5. The molecule has 198 valence electrons. The van der Waals surface area contributed by atoms with E-state index < -0.39 is 33.3 Å². The molecule has 0 saturated heterocycles. The van der Waals surface area contributed by atoms with Crippen LogP contribution in [0.15, 0.2) is 65.6 Å². The van der Waals surface area contributed by atoms with Gasteiger partial charge in [0.05, 0.1) is 27.0 Å². The van der Waals surface area contributed by atoms with Gasteiger partial charge >= 0.3 is 6.36 Å². The lowest BCUT2D eigenvalue weighted by Gasteiger charge is -2.28. The van der Waals surface area contributed by atoms with Gasteiger partial charge < -0.3 is 14.8 Å². The maximum absolute atomic E-state index is 13.4. The van der Waals surface area contributed by atoms with E-state index in [9.17, 15) is 26.4 Å². The van der Waals surface area contributed by atoms with Crippen molar-refractivity contribution in [1.82, 2.24) is 0 Å². The molecule has 0 heterocycles. The maximum atomic E-state index is 13.4. The first kappa shape index (κ1) is 28.8. The van der Waals surface area contributed by atoms with Crippen LogP contribution in [0.2, 0.25) is 10.0 Å². The van der Waals surface area contributed by atoms with Crippen LogP contribution in [0.3, 0.4) is 0 Å². The van der Waals surface area contributed by atoms with Crippen molar-refractivity contribution < 1.29 is 35.9 Å². The normalized spacial score (nSPS) is 13.6. The van der Waals surface area contributed by atoms with Crippen LogP contribution in [0, 0.1) is 0 Å². The number of carbonyl (C=O) groups excluding carboxylic acids is 1. The Hall–Kier alpha value is -2.79. The van der Waals surface area contributed by atoms with Gasteiger partial charge in [-0.05, 0) is 42.8 Å². The van der Waals surface area contributed by atoms with E-state index in [4.69, 9.17) is 27.9 Å². The van der Waals surface area contributed by atoms with Gasteiger partial charge in [0.1, 0.15) is 5.75 Å². The highest BCUT2D eigenvalue weighted by Crippen LogP contribution is 2.43. The molecule has 0 radical (unpaired) electrons. The summed E-state index contributed by atoms with van der Waals surface area (Å²) in [5.41, 5.74) is -0.449. The number of nitrogens with one attached hydrogen (secondary N) is 1. The number of alkyl halides is 3. The monoisotopic (exact) mass is 575 g/mol. The summed E-state index contributed by atoms with van der Waals surface area (Å²) in [5.74, 6) is -0.997. The smallest absolute Gasteiger partial charge is 0.405 e. The first-order valence-corrected chi connectivity index (χ1v) is 13.3. The summed E-state index contributed by atoms with van der Waals surface area (Å²) in [6.07, 6.45) is -3.85. The third-order valence-electron chi connectivity index (χ3n) is 5.54. The summed E-state index contributed by atoms with van der Waals surface area (Å²) in [6.45, 7) is 1.57.